The van der Waals surface area contributed by atoms with Crippen LogP contribution in [0.25, 0.3) is 0 Å². The molecule has 1 aromatic carbocycles. The van der Waals surface area contributed by atoms with Gasteiger partial charge in [-0.05, 0) is 30.9 Å². The van der Waals surface area contributed by atoms with E-state index in [9.17, 15) is 15.0 Å². The Labute approximate surface area is 113 Å². The van der Waals surface area contributed by atoms with Crippen molar-refractivity contribution in [1.29, 1.82) is 0 Å². The van der Waals surface area contributed by atoms with E-state index >= 15 is 0 Å². The Hall–Kier alpha value is -1.55. The van der Waals surface area contributed by atoms with Gasteiger partial charge in [0.2, 0.25) is 5.91 Å². The normalized spacial score (nSPS) is 23.0. The van der Waals surface area contributed by atoms with Crippen LogP contribution in [-0.2, 0) is 11.2 Å². The third-order valence-electron chi connectivity index (χ3n) is 3.69. The highest BCUT2D eigenvalue weighted by Gasteiger charge is 2.24. The van der Waals surface area contributed by atoms with Gasteiger partial charge < -0.3 is 15.5 Å². The number of phenolic OH excluding ortho intramolecular Hbond substituents is 1. The number of carbonyl (C=O) groups is 1. The fourth-order valence-corrected chi connectivity index (χ4v) is 2.53. The SMILES string of the molecule is O=C(CCc1ccccc1O)NC1CCCCC1O. The number of hydrogen-bond acceptors (Lipinski definition) is 3. The van der Waals surface area contributed by atoms with E-state index in [1.54, 1.807) is 12.1 Å². The lowest BCUT2D eigenvalue weighted by Gasteiger charge is -2.28. The summed E-state index contributed by atoms with van der Waals surface area (Å²) in [5.74, 6) is 0.169. The molecule has 0 aromatic heterocycles. The molecule has 2 rings (SSSR count). The summed E-state index contributed by atoms with van der Waals surface area (Å²) in [6.07, 6.45) is 4.14. The molecule has 1 aliphatic rings. The maximum Gasteiger partial charge on any atom is 0.220 e. The van der Waals surface area contributed by atoms with E-state index in [1.807, 2.05) is 12.1 Å². The van der Waals surface area contributed by atoms with Crippen molar-refractivity contribution in [2.45, 2.75) is 50.7 Å². The third-order valence-corrected chi connectivity index (χ3v) is 3.69. The lowest BCUT2D eigenvalue weighted by Crippen LogP contribution is -2.45. The first kappa shape index (κ1) is 13.9. The first-order valence-corrected chi connectivity index (χ1v) is 6.91. The molecule has 104 valence electrons. The molecule has 0 spiro atoms. The zero-order chi connectivity index (χ0) is 13.7. The van der Waals surface area contributed by atoms with E-state index in [0.29, 0.717) is 12.8 Å². The minimum absolute atomic E-state index is 0.0609. The molecule has 1 amide bonds. The molecule has 0 bridgehead atoms. The van der Waals surface area contributed by atoms with Gasteiger partial charge in [-0.25, -0.2) is 0 Å². The number of aryl methyl sites for hydroxylation is 1. The molecule has 0 saturated heterocycles. The van der Waals surface area contributed by atoms with Crippen LogP contribution in [0.1, 0.15) is 37.7 Å². The van der Waals surface area contributed by atoms with Crippen molar-refractivity contribution in [3.63, 3.8) is 0 Å². The first-order valence-electron chi connectivity index (χ1n) is 6.91. The van der Waals surface area contributed by atoms with Crippen LogP contribution in [0.2, 0.25) is 0 Å². The van der Waals surface area contributed by atoms with Crippen LogP contribution >= 0.6 is 0 Å². The Bertz CT molecular complexity index is 433. The smallest absolute Gasteiger partial charge is 0.220 e. The number of nitrogens with one attached hydrogen (secondary N) is 1. The van der Waals surface area contributed by atoms with Crippen LogP contribution < -0.4 is 5.32 Å². The fraction of sp³-hybridized carbons (Fsp3) is 0.533. The number of aromatic hydroxyl groups is 1. The standard InChI is InChI=1S/C15H21NO3/c17-13-7-3-1-5-11(13)9-10-15(19)16-12-6-2-4-8-14(12)18/h1,3,5,7,12,14,17-18H,2,4,6,8-10H2,(H,16,19). The van der Waals surface area contributed by atoms with Gasteiger partial charge in [0.25, 0.3) is 0 Å². The Balaban J connectivity index is 1.80. The molecule has 2 unspecified atom stereocenters. The summed E-state index contributed by atoms with van der Waals surface area (Å²) in [4.78, 5) is 11.8. The second kappa shape index (κ2) is 6.57. The van der Waals surface area contributed by atoms with Gasteiger partial charge in [-0.1, -0.05) is 31.0 Å². The molecule has 4 heteroatoms. The summed E-state index contributed by atoms with van der Waals surface area (Å²) in [6.45, 7) is 0. The van der Waals surface area contributed by atoms with E-state index < -0.39 is 6.10 Å². The molecule has 19 heavy (non-hydrogen) atoms. The van der Waals surface area contributed by atoms with Gasteiger partial charge in [-0.2, -0.15) is 0 Å². The van der Waals surface area contributed by atoms with Crippen LogP contribution in [0.4, 0.5) is 0 Å². The van der Waals surface area contributed by atoms with Gasteiger partial charge in [-0.15, -0.1) is 0 Å². The van der Waals surface area contributed by atoms with Crippen LogP contribution in [0.3, 0.4) is 0 Å². The van der Waals surface area contributed by atoms with Gasteiger partial charge >= 0.3 is 0 Å². The monoisotopic (exact) mass is 263 g/mol. The van der Waals surface area contributed by atoms with Gasteiger partial charge in [-0.3, -0.25) is 4.79 Å². The molecule has 1 aromatic rings. The van der Waals surface area contributed by atoms with Crippen molar-refractivity contribution >= 4 is 5.91 Å². The van der Waals surface area contributed by atoms with E-state index in [1.165, 1.54) is 0 Å². The van der Waals surface area contributed by atoms with Crippen LogP contribution in [0, 0.1) is 0 Å². The lowest BCUT2D eigenvalue weighted by atomic mass is 9.92. The van der Waals surface area contributed by atoms with Gasteiger partial charge in [0.15, 0.2) is 0 Å². The van der Waals surface area contributed by atoms with Gasteiger partial charge in [0.1, 0.15) is 5.75 Å². The highest BCUT2D eigenvalue weighted by atomic mass is 16.3. The maximum atomic E-state index is 11.8. The van der Waals surface area contributed by atoms with E-state index in [-0.39, 0.29) is 17.7 Å². The Kier molecular flexibility index (Phi) is 4.80. The maximum absolute atomic E-state index is 11.8. The molecule has 1 fully saturated rings. The van der Waals surface area contributed by atoms with Crippen molar-refractivity contribution in [1.82, 2.24) is 5.32 Å². The Morgan fingerprint density at radius 2 is 2.00 bits per heavy atom. The summed E-state index contributed by atoms with van der Waals surface area (Å²) in [5, 5.41) is 22.3. The average Bonchev–Trinajstić information content (AvgIpc) is 2.40. The summed E-state index contributed by atoms with van der Waals surface area (Å²) >= 11 is 0. The number of amides is 1. The van der Waals surface area contributed by atoms with Crippen molar-refractivity contribution in [3.05, 3.63) is 29.8 Å². The number of benzene rings is 1. The van der Waals surface area contributed by atoms with E-state index in [2.05, 4.69) is 5.32 Å². The van der Waals surface area contributed by atoms with Gasteiger partial charge in [0, 0.05) is 6.42 Å². The molecular formula is C15H21NO3. The Morgan fingerprint density at radius 1 is 1.26 bits per heavy atom. The molecule has 1 saturated carbocycles. The van der Waals surface area contributed by atoms with Crippen LogP contribution in [0.5, 0.6) is 5.75 Å². The highest BCUT2D eigenvalue weighted by molar-refractivity contribution is 5.76. The molecule has 4 nitrogen and oxygen atoms in total. The van der Waals surface area contributed by atoms with Crippen LogP contribution in [0.15, 0.2) is 24.3 Å². The third kappa shape index (κ3) is 3.96. The number of aliphatic hydroxyl groups excluding tert-OH is 1. The molecule has 3 N–H and O–H groups in total. The van der Waals surface area contributed by atoms with Gasteiger partial charge in [0.05, 0.1) is 12.1 Å². The number of rotatable bonds is 4. The number of para-hydroxylation sites is 1. The zero-order valence-corrected chi connectivity index (χ0v) is 11.0. The highest BCUT2D eigenvalue weighted by Crippen LogP contribution is 2.19. The summed E-state index contributed by atoms with van der Waals surface area (Å²) in [5.41, 5.74) is 0.779. The molecular weight excluding hydrogens is 242 g/mol. The summed E-state index contributed by atoms with van der Waals surface area (Å²) in [6, 6.07) is 6.94. The van der Waals surface area contributed by atoms with Crippen molar-refractivity contribution in [2.75, 3.05) is 0 Å². The predicted octanol–water partition coefficient (Wildman–Crippen LogP) is 1.74. The molecule has 0 radical (unpaired) electrons. The van der Waals surface area contributed by atoms with E-state index in [4.69, 9.17) is 0 Å². The van der Waals surface area contributed by atoms with Crippen LogP contribution in [-0.4, -0.2) is 28.3 Å². The minimum atomic E-state index is -0.414. The molecule has 2 atom stereocenters. The largest absolute Gasteiger partial charge is 0.508 e. The number of hydrogen-bond donors (Lipinski definition) is 3. The second-order valence-corrected chi connectivity index (χ2v) is 5.15. The average molecular weight is 263 g/mol. The van der Waals surface area contributed by atoms with Crippen molar-refractivity contribution < 1.29 is 15.0 Å². The van der Waals surface area contributed by atoms with E-state index in [0.717, 1.165) is 31.2 Å². The quantitative estimate of drug-likeness (QED) is 0.775. The number of carbonyl (C=O) groups excluding carboxylic acids is 1. The molecule has 0 heterocycles. The minimum Gasteiger partial charge on any atom is -0.508 e. The Morgan fingerprint density at radius 3 is 2.74 bits per heavy atom. The number of phenols is 1. The van der Waals surface area contributed by atoms with Crippen molar-refractivity contribution in [3.8, 4) is 5.75 Å². The summed E-state index contributed by atoms with van der Waals surface area (Å²) < 4.78 is 0. The first-order chi connectivity index (χ1) is 9.16. The topological polar surface area (TPSA) is 69.6 Å². The lowest BCUT2D eigenvalue weighted by molar-refractivity contribution is -0.123. The predicted molar refractivity (Wildman–Crippen MR) is 72.8 cm³/mol. The fourth-order valence-electron chi connectivity index (χ4n) is 2.53. The number of aliphatic hydroxyl groups is 1. The van der Waals surface area contributed by atoms with Crippen molar-refractivity contribution in [2.24, 2.45) is 0 Å². The second-order valence-electron chi connectivity index (χ2n) is 5.15. The summed E-state index contributed by atoms with van der Waals surface area (Å²) in [7, 11) is 0. The zero-order valence-electron chi connectivity index (χ0n) is 11.0. The molecule has 0 aliphatic heterocycles. The molecule has 1 aliphatic carbocycles.